The number of carbonyl (C=O) groups excluding carboxylic acids is 1. The van der Waals surface area contributed by atoms with Gasteiger partial charge in [-0.2, -0.15) is 0 Å². The monoisotopic (exact) mass is 462 g/mol. The van der Waals surface area contributed by atoms with E-state index in [9.17, 15) is 9.90 Å². The fraction of sp³-hybridized carbons (Fsp3) is 0.500. The Hall–Kier alpha value is -3.13. The van der Waals surface area contributed by atoms with E-state index in [0.717, 1.165) is 61.3 Å². The summed E-state index contributed by atoms with van der Waals surface area (Å²) in [6, 6.07) is 9.74. The number of nitrogens with one attached hydrogen (secondary N) is 3. The van der Waals surface area contributed by atoms with E-state index in [1.165, 1.54) is 24.8 Å². The lowest BCUT2D eigenvalue weighted by atomic mass is 9.84. The van der Waals surface area contributed by atoms with Crippen LogP contribution < -0.4 is 15.5 Å². The Morgan fingerprint density at radius 1 is 1.15 bits per heavy atom. The maximum atomic E-state index is 12.7. The van der Waals surface area contributed by atoms with Gasteiger partial charge in [-0.25, -0.2) is 14.8 Å². The number of hydrogen-bond donors (Lipinski definition) is 4. The fourth-order valence-corrected chi connectivity index (χ4v) is 5.61. The predicted octanol–water partition coefficient (Wildman–Crippen LogP) is 4.40. The van der Waals surface area contributed by atoms with Gasteiger partial charge in [0.05, 0.1) is 18.0 Å². The van der Waals surface area contributed by atoms with E-state index in [4.69, 9.17) is 0 Å². The second-order valence-electron chi connectivity index (χ2n) is 9.63. The van der Waals surface area contributed by atoms with E-state index >= 15 is 0 Å². The van der Waals surface area contributed by atoms with Gasteiger partial charge in [0.15, 0.2) is 0 Å². The predicted molar refractivity (Wildman–Crippen MR) is 134 cm³/mol. The van der Waals surface area contributed by atoms with Crippen LogP contribution in [0.2, 0.25) is 0 Å². The number of fused-ring (bicyclic) bond motifs is 1. The first-order valence-electron chi connectivity index (χ1n) is 12.5. The van der Waals surface area contributed by atoms with Crippen LogP contribution in [-0.4, -0.2) is 51.8 Å². The molecule has 0 bridgehead atoms. The number of rotatable bonds is 6. The Labute approximate surface area is 200 Å². The third-order valence-electron chi connectivity index (χ3n) is 7.40. The summed E-state index contributed by atoms with van der Waals surface area (Å²) in [5, 5.41) is 16.9. The van der Waals surface area contributed by atoms with E-state index in [1.54, 1.807) is 6.33 Å². The molecule has 2 amide bonds. The highest BCUT2D eigenvalue weighted by atomic mass is 16.3. The van der Waals surface area contributed by atoms with Crippen molar-refractivity contribution in [3.8, 4) is 0 Å². The van der Waals surface area contributed by atoms with Crippen LogP contribution in [0.4, 0.5) is 16.3 Å². The van der Waals surface area contributed by atoms with Crippen molar-refractivity contribution >= 4 is 28.6 Å². The van der Waals surface area contributed by atoms with Gasteiger partial charge in [0, 0.05) is 30.9 Å². The quantitative estimate of drug-likeness (QED) is 0.434. The normalized spacial score (nSPS) is 20.3. The summed E-state index contributed by atoms with van der Waals surface area (Å²) in [5.74, 6) is 1.69. The molecule has 1 saturated carbocycles. The smallest absolute Gasteiger partial charge is 0.319 e. The van der Waals surface area contributed by atoms with Gasteiger partial charge in [0.25, 0.3) is 0 Å². The summed E-state index contributed by atoms with van der Waals surface area (Å²) >= 11 is 0. The SMILES string of the molecule is O=C(Nc1cccc(C2CCCN(c3ncnc4[nH]ccc34)C2)c1)N[C@@H](CO)C1CCCCC1. The van der Waals surface area contributed by atoms with Crippen LogP contribution in [0.1, 0.15) is 56.4 Å². The number of aliphatic hydroxyl groups excluding tert-OH is 1. The molecular formula is C26H34N6O2. The Morgan fingerprint density at radius 2 is 2.03 bits per heavy atom. The van der Waals surface area contributed by atoms with Gasteiger partial charge in [0.2, 0.25) is 0 Å². The van der Waals surface area contributed by atoms with Gasteiger partial charge in [-0.1, -0.05) is 31.4 Å². The molecule has 2 fully saturated rings. The summed E-state index contributed by atoms with van der Waals surface area (Å²) in [6.45, 7) is 1.83. The standard InChI is InChI=1S/C26H34N6O2/c33-16-23(18-6-2-1-3-7-18)31-26(34)30-21-10-4-8-19(14-21)20-9-5-13-32(15-20)25-22-11-12-27-24(22)28-17-29-25/h4,8,10-12,14,17-18,20,23,33H,1-3,5-7,9,13,15-16H2,(H,27,28,29)(H2,30,31,34)/t20?,23-/m0/s1. The van der Waals surface area contributed by atoms with Crippen LogP contribution in [0, 0.1) is 5.92 Å². The molecule has 34 heavy (non-hydrogen) atoms. The second-order valence-corrected chi connectivity index (χ2v) is 9.63. The fourth-order valence-electron chi connectivity index (χ4n) is 5.61. The largest absolute Gasteiger partial charge is 0.394 e. The van der Waals surface area contributed by atoms with Crippen LogP contribution in [0.25, 0.3) is 11.0 Å². The number of anilines is 2. The molecule has 2 aliphatic rings. The zero-order valence-corrected chi connectivity index (χ0v) is 19.5. The Morgan fingerprint density at radius 3 is 2.88 bits per heavy atom. The minimum absolute atomic E-state index is 0.0203. The van der Waals surface area contributed by atoms with Crippen LogP contribution in [0.5, 0.6) is 0 Å². The van der Waals surface area contributed by atoms with Crippen LogP contribution >= 0.6 is 0 Å². The van der Waals surface area contributed by atoms with Gasteiger partial charge >= 0.3 is 6.03 Å². The van der Waals surface area contributed by atoms with Gasteiger partial charge in [-0.15, -0.1) is 0 Å². The number of H-pyrrole nitrogens is 1. The third-order valence-corrected chi connectivity index (χ3v) is 7.40. The molecule has 0 radical (unpaired) electrons. The van der Waals surface area contributed by atoms with E-state index in [-0.39, 0.29) is 18.7 Å². The van der Waals surface area contributed by atoms with Gasteiger partial charge in [0.1, 0.15) is 17.8 Å². The van der Waals surface area contributed by atoms with Crippen molar-refractivity contribution in [1.82, 2.24) is 20.3 Å². The zero-order valence-electron chi connectivity index (χ0n) is 19.5. The number of carbonyl (C=O) groups is 1. The molecule has 3 aromatic rings. The van der Waals surface area contributed by atoms with Gasteiger partial charge in [-0.3, -0.25) is 0 Å². The maximum absolute atomic E-state index is 12.7. The van der Waals surface area contributed by atoms with Gasteiger partial charge in [-0.05, 0) is 55.4 Å². The lowest BCUT2D eigenvalue weighted by Crippen LogP contribution is -2.45. The molecule has 0 spiro atoms. The number of aliphatic hydroxyl groups is 1. The van der Waals surface area contributed by atoms with E-state index in [2.05, 4.69) is 42.6 Å². The molecule has 1 unspecified atom stereocenters. The number of aromatic amines is 1. The minimum Gasteiger partial charge on any atom is -0.394 e. The first-order valence-corrected chi connectivity index (χ1v) is 12.5. The second kappa shape index (κ2) is 10.4. The maximum Gasteiger partial charge on any atom is 0.319 e. The molecule has 2 atom stereocenters. The first kappa shape index (κ1) is 22.7. The Balaban J connectivity index is 1.24. The molecule has 1 aliphatic heterocycles. The third kappa shape index (κ3) is 5.01. The summed E-state index contributed by atoms with van der Waals surface area (Å²) < 4.78 is 0. The number of nitrogens with zero attached hydrogens (tertiary/aromatic N) is 3. The molecule has 1 aromatic carbocycles. The molecule has 8 nitrogen and oxygen atoms in total. The highest BCUT2D eigenvalue weighted by Gasteiger charge is 2.26. The lowest BCUT2D eigenvalue weighted by Gasteiger charge is -2.34. The van der Waals surface area contributed by atoms with Gasteiger partial charge < -0.3 is 25.6 Å². The number of hydrogen-bond acceptors (Lipinski definition) is 5. The lowest BCUT2D eigenvalue weighted by molar-refractivity contribution is 0.173. The molecule has 5 rings (SSSR count). The Bertz CT molecular complexity index is 1110. The first-order chi connectivity index (χ1) is 16.7. The van der Waals surface area contributed by atoms with Crippen molar-refractivity contribution < 1.29 is 9.90 Å². The van der Waals surface area contributed by atoms with Crippen molar-refractivity contribution in [1.29, 1.82) is 0 Å². The van der Waals surface area contributed by atoms with Crippen molar-refractivity contribution in [2.45, 2.75) is 56.9 Å². The van der Waals surface area contributed by atoms with E-state index in [1.807, 2.05) is 24.4 Å². The average Bonchev–Trinajstić information content (AvgIpc) is 3.37. The number of piperidine rings is 1. The molecule has 4 N–H and O–H groups in total. The zero-order chi connectivity index (χ0) is 23.3. The van der Waals surface area contributed by atoms with Crippen LogP contribution in [-0.2, 0) is 0 Å². The minimum atomic E-state index is -0.247. The van der Waals surface area contributed by atoms with E-state index < -0.39 is 0 Å². The molecule has 3 heterocycles. The highest BCUT2D eigenvalue weighted by molar-refractivity contribution is 5.89. The van der Waals surface area contributed by atoms with E-state index in [0.29, 0.717) is 11.8 Å². The van der Waals surface area contributed by atoms with Crippen molar-refractivity contribution in [3.05, 3.63) is 48.4 Å². The van der Waals surface area contributed by atoms with Crippen molar-refractivity contribution in [2.75, 3.05) is 29.9 Å². The topological polar surface area (TPSA) is 106 Å². The van der Waals surface area contributed by atoms with Crippen LogP contribution in [0.15, 0.2) is 42.9 Å². The molecule has 1 aliphatic carbocycles. The molecule has 2 aromatic heterocycles. The highest BCUT2D eigenvalue weighted by Crippen LogP contribution is 2.33. The molecular weight excluding hydrogens is 428 g/mol. The van der Waals surface area contributed by atoms with Crippen molar-refractivity contribution in [3.63, 3.8) is 0 Å². The molecule has 8 heteroatoms. The molecule has 1 saturated heterocycles. The molecule has 180 valence electrons. The summed E-state index contributed by atoms with van der Waals surface area (Å²) in [6.07, 6.45) is 11.4. The number of aromatic nitrogens is 3. The Kier molecular flexibility index (Phi) is 6.94. The average molecular weight is 463 g/mol. The number of amides is 2. The summed E-state index contributed by atoms with van der Waals surface area (Å²) in [7, 11) is 0. The summed E-state index contributed by atoms with van der Waals surface area (Å²) in [5.41, 5.74) is 2.86. The van der Waals surface area contributed by atoms with Crippen molar-refractivity contribution in [2.24, 2.45) is 5.92 Å². The number of urea groups is 1. The van der Waals surface area contributed by atoms with Crippen LogP contribution in [0.3, 0.4) is 0 Å². The number of benzene rings is 1. The summed E-state index contributed by atoms with van der Waals surface area (Å²) in [4.78, 5) is 27.1.